The normalized spacial score (nSPS) is 11.0. The zero-order valence-electron chi connectivity index (χ0n) is 15.5. The summed E-state index contributed by atoms with van der Waals surface area (Å²) in [6.45, 7) is 6.00. The molecule has 0 spiro atoms. The smallest absolute Gasteiger partial charge is 0.267 e. The summed E-state index contributed by atoms with van der Waals surface area (Å²) in [7, 11) is 0. The quantitative estimate of drug-likeness (QED) is 0.643. The van der Waals surface area contributed by atoms with Gasteiger partial charge in [-0.15, -0.1) is 11.3 Å². The van der Waals surface area contributed by atoms with Gasteiger partial charge in [0.1, 0.15) is 9.71 Å². The van der Waals surface area contributed by atoms with E-state index in [1.54, 1.807) is 24.3 Å². The topological polar surface area (TPSA) is 91.8 Å². The fourth-order valence-electron chi connectivity index (χ4n) is 3.04. The molecule has 5 nitrogen and oxygen atoms in total. The first-order valence-electron chi connectivity index (χ1n) is 8.57. The van der Waals surface area contributed by atoms with Crippen LogP contribution in [0.15, 0.2) is 36.4 Å². The minimum absolute atomic E-state index is 0.271. The fraction of sp³-hybridized carbons (Fsp3) is 0.190. The van der Waals surface area contributed by atoms with Crippen LogP contribution in [0.5, 0.6) is 0 Å². The number of amides is 1. The minimum atomic E-state index is -0.271. The van der Waals surface area contributed by atoms with Crippen LogP contribution in [0.4, 0.5) is 11.4 Å². The molecule has 6 heteroatoms. The monoisotopic (exact) mass is 376 g/mol. The lowest BCUT2D eigenvalue weighted by molar-refractivity contribution is 0.103. The van der Waals surface area contributed by atoms with E-state index in [-0.39, 0.29) is 5.91 Å². The van der Waals surface area contributed by atoms with Crippen molar-refractivity contribution in [2.45, 2.75) is 27.2 Å². The van der Waals surface area contributed by atoms with Crippen molar-refractivity contribution >= 4 is 38.8 Å². The largest absolute Gasteiger partial charge is 0.397 e. The molecule has 136 valence electrons. The average molecular weight is 376 g/mol. The molecule has 0 atom stereocenters. The van der Waals surface area contributed by atoms with Gasteiger partial charge in [-0.05, 0) is 62.6 Å². The van der Waals surface area contributed by atoms with Crippen molar-refractivity contribution in [3.05, 3.63) is 63.7 Å². The van der Waals surface area contributed by atoms with Crippen molar-refractivity contribution in [1.29, 1.82) is 5.26 Å². The third-order valence-electron chi connectivity index (χ3n) is 4.50. The number of nitrogens with one attached hydrogen (secondary N) is 1. The van der Waals surface area contributed by atoms with Crippen molar-refractivity contribution in [3.8, 4) is 6.07 Å². The Balaban J connectivity index is 1.99. The molecule has 1 aromatic carbocycles. The molecular formula is C21H20N4OS. The van der Waals surface area contributed by atoms with E-state index in [1.165, 1.54) is 11.3 Å². The summed E-state index contributed by atoms with van der Waals surface area (Å²) < 4.78 is 0. The van der Waals surface area contributed by atoms with E-state index in [0.29, 0.717) is 21.8 Å². The molecule has 3 aromatic rings. The standard InChI is InChI=1S/C21H20N4OS/c1-4-5-6-16-12(2)17-18(23)19(27-21(17)24-13(16)3)20(26)25-15-9-7-14(11-22)8-10-15/h4-5,7-10H,6,23H2,1-3H3,(H,25,26). The second kappa shape index (κ2) is 7.60. The van der Waals surface area contributed by atoms with E-state index in [4.69, 9.17) is 11.0 Å². The number of aromatic nitrogens is 1. The maximum atomic E-state index is 12.7. The zero-order valence-corrected chi connectivity index (χ0v) is 16.3. The molecule has 0 aliphatic carbocycles. The summed E-state index contributed by atoms with van der Waals surface area (Å²) >= 11 is 1.30. The highest BCUT2D eigenvalue weighted by Gasteiger charge is 2.21. The molecule has 27 heavy (non-hydrogen) atoms. The van der Waals surface area contributed by atoms with Crippen molar-refractivity contribution in [3.63, 3.8) is 0 Å². The second-order valence-corrected chi connectivity index (χ2v) is 7.24. The number of thiophene rings is 1. The Kier molecular flexibility index (Phi) is 5.24. The van der Waals surface area contributed by atoms with Gasteiger partial charge >= 0.3 is 0 Å². The van der Waals surface area contributed by atoms with Crippen LogP contribution in [0.1, 0.15) is 39.0 Å². The molecule has 2 heterocycles. The number of nitrogens with zero attached hydrogens (tertiary/aromatic N) is 2. The number of pyridine rings is 1. The molecule has 1 amide bonds. The van der Waals surface area contributed by atoms with Gasteiger partial charge in [0.25, 0.3) is 5.91 Å². The van der Waals surface area contributed by atoms with Crippen molar-refractivity contribution < 1.29 is 4.79 Å². The second-order valence-electron chi connectivity index (χ2n) is 6.24. The van der Waals surface area contributed by atoms with E-state index in [9.17, 15) is 4.79 Å². The number of carbonyl (C=O) groups excluding carboxylic acids is 1. The Morgan fingerprint density at radius 1 is 1.33 bits per heavy atom. The lowest BCUT2D eigenvalue weighted by Crippen LogP contribution is -2.12. The lowest BCUT2D eigenvalue weighted by Gasteiger charge is -2.09. The Bertz CT molecular complexity index is 1090. The average Bonchev–Trinajstić information content (AvgIpc) is 2.98. The van der Waals surface area contributed by atoms with Crippen LogP contribution in [0.3, 0.4) is 0 Å². The first kappa shape index (κ1) is 18.6. The Labute approximate surface area is 162 Å². The van der Waals surface area contributed by atoms with E-state index in [0.717, 1.165) is 33.5 Å². The number of hydrogen-bond acceptors (Lipinski definition) is 5. The van der Waals surface area contributed by atoms with E-state index >= 15 is 0 Å². The highest BCUT2D eigenvalue weighted by atomic mass is 32.1. The molecule has 3 rings (SSSR count). The number of anilines is 2. The van der Waals surface area contributed by atoms with Gasteiger partial charge < -0.3 is 11.1 Å². The summed E-state index contributed by atoms with van der Waals surface area (Å²) in [5, 5.41) is 12.6. The number of aryl methyl sites for hydroxylation is 2. The number of fused-ring (bicyclic) bond motifs is 1. The van der Waals surface area contributed by atoms with Gasteiger partial charge in [-0.25, -0.2) is 4.98 Å². The number of nitrogen functional groups attached to an aromatic ring is 1. The molecule has 0 aliphatic heterocycles. The maximum absolute atomic E-state index is 12.7. The third-order valence-corrected chi connectivity index (χ3v) is 5.59. The SMILES string of the molecule is CC=CCc1c(C)nc2sc(C(=O)Nc3ccc(C#N)cc3)c(N)c2c1C. The van der Waals surface area contributed by atoms with Gasteiger partial charge in [0.15, 0.2) is 0 Å². The van der Waals surface area contributed by atoms with Gasteiger partial charge in [-0.2, -0.15) is 5.26 Å². The highest BCUT2D eigenvalue weighted by molar-refractivity contribution is 7.21. The first-order chi connectivity index (χ1) is 13.0. The van der Waals surface area contributed by atoms with Crippen molar-refractivity contribution in [2.24, 2.45) is 0 Å². The third kappa shape index (κ3) is 3.55. The number of hydrogen-bond donors (Lipinski definition) is 2. The van der Waals surface area contributed by atoms with Crippen molar-refractivity contribution in [2.75, 3.05) is 11.1 Å². The number of carbonyl (C=O) groups is 1. The van der Waals surface area contributed by atoms with E-state index in [2.05, 4.69) is 22.4 Å². The Morgan fingerprint density at radius 2 is 2.04 bits per heavy atom. The Morgan fingerprint density at radius 3 is 2.67 bits per heavy atom. The van der Waals surface area contributed by atoms with E-state index < -0.39 is 0 Å². The summed E-state index contributed by atoms with van der Waals surface area (Å²) in [6.07, 6.45) is 4.89. The van der Waals surface area contributed by atoms with Crippen LogP contribution >= 0.6 is 11.3 Å². The molecule has 0 saturated carbocycles. The lowest BCUT2D eigenvalue weighted by atomic mass is 10.0. The predicted molar refractivity (Wildman–Crippen MR) is 111 cm³/mol. The van der Waals surface area contributed by atoms with Crippen molar-refractivity contribution in [1.82, 2.24) is 4.98 Å². The summed E-state index contributed by atoms with van der Waals surface area (Å²) in [5.41, 5.74) is 11.1. The molecular weight excluding hydrogens is 356 g/mol. The number of rotatable bonds is 4. The number of benzene rings is 1. The van der Waals surface area contributed by atoms with Gasteiger partial charge in [-0.3, -0.25) is 4.79 Å². The van der Waals surface area contributed by atoms with Crippen LogP contribution in [-0.2, 0) is 6.42 Å². The summed E-state index contributed by atoms with van der Waals surface area (Å²) in [6, 6.07) is 8.77. The number of allylic oxidation sites excluding steroid dienone is 2. The van der Waals surface area contributed by atoms with Gasteiger partial charge in [-0.1, -0.05) is 12.2 Å². The predicted octanol–water partition coefficient (Wildman–Crippen LogP) is 4.74. The first-order valence-corrected chi connectivity index (χ1v) is 9.38. The van der Waals surface area contributed by atoms with Crippen LogP contribution in [0.25, 0.3) is 10.2 Å². The van der Waals surface area contributed by atoms with Gasteiger partial charge in [0.2, 0.25) is 0 Å². The molecule has 0 radical (unpaired) electrons. The minimum Gasteiger partial charge on any atom is -0.397 e. The summed E-state index contributed by atoms with van der Waals surface area (Å²) in [4.78, 5) is 18.6. The van der Waals surface area contributed by atoms with Crippen LogP contribution in [0, 0.1) is 25.2 Å². The van der Waals surface area contributed by atoms with E-state index in [1.807, 2.05) is 26.8 Å². The van der Waals surface area contributed by atoms with Crippen LogP contribution in [0.2, 0.25) is 0 Å². The number of nitriles is 1. The molecule has 0 unspecified atom stereocenters. The van der Waals surface area contributed by atoms with Crippen LogP contribution in [-0.4, -0.2) is 10.9 Å². The fourth-order valence-corrected chi connectivity index (χ4v) is 4.13. The molecule has 0 aliphatic rings. The Hall–Kier alpha value is -3.17. The molecule has 0 fully saturated rings. The maximum Gasteiger partial charge on any atom is 0.267 e. The molecule has 0 saturated heterocycles. The van der Waals surface area contributed by atoms with Gasteiger partial charge in [0, 0.05) is 16.8 Å². The highest BCUT2D eigenvalue weighted by Crippen LogP contribution is 2.37. The molecule has 0 bridgehead atoms. The summed E-state index contributed by atoms with van der Waals surface area (Å²) in [5.74, 6) is -0.271. The number of nitrogens with two attached hydrogens (primary N) is 1. The molecule has 2 aromatic heterocycles. The van der Waals surface area contributed by atoms with Gasteiger partial charge in [0.05, 0.1) is 17.3 Å². The molecule has 3 N–H and O–H groups in total. The van der Waals surface area contributed by atoms with Crippen LogP contribution < -0.4 is 11.1 Å². The zero-order chi connectivity index (χ0) is 19.6.